The van der Waals surface area contributed by atoms with Gasteiger partial charge in [0.15, 0.2) is 5.17 Å². The number of amides is 1. The van der Waals surface area contributed by atoms with E-state index in [2.05, 4.69) is 23.7 Å². The highest BCUT2D eigenvalue weighted by atomic mass is 32.2. The fourth-order valence-corrected chi connectivity index (χ4v) is 2.77. The topological polar surface area (TPSA) is 32.7 Å². The molecule has 0 unspecified atom stereocenters. The first-order valence-electron chi connectivity index (χ1n) is 6.07. The Balaban J connectivity index is 2.16. The van der Waals surface area contributed by atoms with Crippen LogP contribution in [0.4, 0.5) is 0 Å². The summed E-state index contributed by atoms with van der Waals surface area (Å²) >= 11 is 1.46. The zero-order valence-electron chi connectivity index (χ0n) is 10.6. The maximum Gasteiger partial charge on any atom is 0.286 e. The van der Waals surface area contributed by atoms with E-state index in [1.165, 1.54) is 11.8 Å². The number of benzene rings is 1. The molecule has 18 heavy (non-hydrogen) atoms. The van der Waals surface area contributed by atoms with Gasteiger partial charge in [0.1, 0.15) is 0 Å². The molecule has 0 N–H and O–H groups in total. The number of hydrogen-bond donors (Lipinski definition) is 0. The number of carbonyl (C=O) groups excluding carboxylic acids is 1. The molecule has 0 aromatic heterocycles. The van der Waals surface area contributed by atoms with Crippen molar-refractivity contribution in [2.75, 3.05) is 13.1 Å². The molecule has 2 rings (SSSR count). The highest BCUT2D eigenvalue weighted by molar-refractivity contribution is 8.18. The van der Waals surface area contributed by atoms with Crippen LogP contribution in [0.15, 0.2) is 40.2 Å². The summed E-state index contributed by atoms with van der Waals surface area (Å²) in [6.07, 6.45) is 1.90. The Morgan fingerprint density at radius 3 is 2.50 bits per heavy atom. The lowest BCUT2D eigenvalue weighted by atomic mass is 10.2. The summed E-state index contributed by atoms with van der Waals surface area (Å²) in [6, 6.07) is 9.85. The van der Waals surface area contributed by atoms with Gasteiger partial charge in [-0.3, -0.25) is 4.79 Å². The molecule has 0 radical (unpaired) electrons. The summed E-state index contributed by atoms with van der Waals surface area (Å²) in [5.74, 6) is -0.134. The van der Waals surface area contributed by atoms with Crippen LogP contribution in [0, 0.1) is 0 Å². The summed E-state index contributed by atoms with van der Waals surface area (Å²) in [6.45, 7) is 5.87. The van der Waals surface area contributed by atoms with Crippen LogP contribution in [0.3, 0.4) is 0 Å². The molecule has 94 valence electrons. The van der Waals surface area contributed by atoms with Crippen LogP contribution in [0.5, 0.6) is 0 Å². The van der Waals surface area contributed by atoms with Crippen molar-refractivity contribution in [3.05, 3.63) is 40.8 Å². The number of nitrogens with zero attached hydrogens (tertiary/aromatic N) is 2. The number of aliphatic imine (C=N–C) groups is 1. The minimum atomic E-state index is -0.134. The third-order valence-electron chi connectivity index (χ3n) is 2.74. The van der Waals surface area contributed by atoms with Crippen LogP contribution in [-0.4, -0.2) is 29.1 Å². The van der Waals surface area contributed by atoms with E-state index in [-0.39, 0.29) is 5.91 Å². The molecule has 0 atom stereocenters. The van der Waals surface area contributed by atoms with Gasteiger partial charge in [0.05, 0.1) is 4.91 Å². The predicted octanol–water partition coefficient (Wildman–Crippen LogP) is 3.00. The van der Waals surface area contributed by atoms with Gasteiger partial charge in [-0.1, -0.05) is 30.3 Å². The van der Waals surface area contributed by atoms with Crippen molar-refractivity contribution >= 4 is 28.9 Å². The minimum absolute atomic E-state index is 0.134. The van der Waals surface area contributed by atoms with E-state index in [1.54, 1.807) is 0 Å². The van der Waals surface area contributed by atoms with E-state index in [0.717, 1.165) is 23.8 Å². The zero-order chi connectivity index (χ0) is 13.0. The molecule has 1 amide bonds. The van der Waals surface area contributed by atoms with Crippen molar-refractivity contribution in [2.45, 2.75) is 13.8 Å². The normalized spacial score (nSPS) is 17.1. The average Bonchev–Trinajstić information content (AvgIpc) is 2.74. The number of thioether (sulfide) groups is 1. The van der Waals surface area contributed by atoms with Gasteiger partial charge in [0.25, 0.3) is 5.91 Å². The smallest absolute Gasteiger partial charge is 0.286 e. The Kier molecular flexibility index (Phi) is 4.20. The third-order valence-corrected chi connectivity index (χ3v) is 3.78. The van der Waals surface area contributed by atoms with Gasteiger partial charge >= 0.3 is 0 Å². The summed E-state index contributed by atoms with van der Waals surface area (Å²) in [7, 11) is 0. The van der Waals surface area contributed by atoms with Gasteiger partial charge in [-0.2, -0.15) is 4.99 Å². The number of hydrogen-bond acceptors (Lipinski definition) is 3. The van der Waals surface area contributed by atoms with Crippen LogP contribution in [0.1, 0.15) is 19.4 Å². The zero-order valence-corrected chi connectivity index (χ0v) is 11.4. The highest BCUT2D eigenvalue weighted by Gasteiger charge is 2.24. The lowest BCUT2D eigenvalue weighted by molar-refractivity contribution is -0.113. The summed E-state index contributed by atoms with van der Waals surface area (Å²) in [5, 5.41) is 0.812. The molecule has 3 nitrogen and oxygen atoms in total. The van der Waals surface area contributed by atoms with Crippen LogP contribution < -0.4 is 0 Å². The first-order valence-corrected chi connectivity index (χ1v) is 6.88. The van der Waals surface area contributed by atoms with Gasteiger partial charge in [0, 0.05) is 13.1 Å². The molecule has 4 heteroatoms. The second-order valence-electron chi connectivity index (χ2n) is 3.89. The average molecular weight is 260 g/mol. The summed E-state index contributed by atoms with van der Waals surface area (Å²) in [5.41, 5.74) is 1.03. The lowest BCUT2D eigenvalue weighted by Crippen LogP contribution is -2.26. The Hall–Kier alpha value is -1.55. The first-order chi connectivity index (χ1) is 8.74. The largest absolute Gasteiger partial charge is 0.351 e. The quantitative estimate of drug-likeness (QED) is 0.783. The second-order valence-corrected chi connectivity index (χ2v) is 4.90. The summed E-state index contributed by atoms with van der Waals surface area (Å²) < 4.78 is 0. The van der Waals surface area contributed by atoms with Gasteiger partial charge in [-0.15, -0.1) is 0 Å². The van der Waals surface area contributed by atoms with Crippen molar-refractivity contribution in [2.24, 2.45) is 4.99 Å². The van der Waals surface area contributed by atoms with E-state index in [0.29, 0.717) is 4.91 Å². The molecule has 0 saturated heterocycles. The fraction of sp³-hybridized carbons (Fsp3) is 0.286. The molecular formula is C14H16N2OS. The third kappa shape index (κ3) is 2.82. The molecule has 1 aromatic rings. The number of rotatable bonds is 3. The Morgan fingerprint density at radius 1 is 1.22 bits per heavy atom. The maximum absolute atomic E-state index is 11.8. The van der Waals surface area contributed by atoms with Crippen molar-refractivity contribution < 1.29 is 4.79 Å². The van der Waals surface area contributed by atoms with Crippen molar-refractivity contribution in [1.82, 2.24) is 4.90 Å². The molecule has 1 aliphatic rings. The van der Waals surface area contributed by atoms with E-state index in [4.69, 9.17) is 0 Å². The molecule has 0 saturated carbocycles. The van der Waals surface area contributed by atoms with Gasteiger partial charge in [0.2, 0.25) is 0 Å². The van der Waals surface area contributed by atoms with Crippen molar-refractivity contribution in [1.29, 1.82) is 0 Å². The van der Waals surface area contributed by atoms with Gasteiger partial charge in [-0.05, 0) is 37.2 Å². The van der Waals surface area contributed by atoms with E-state index < -0.39 is 0 Å². The molecule has 0 bridgehead atoms. The van der Waals surface area contributed by atoms with E-state index in [1.807, 2.05) is 36.4 Å². The molecule has 1 heterocycles. The molecule has 1 aliphatic heterocycles. The van der Waals surface area contributed by atoms with E-state index >= 15 is 0 Å². The van der Waals surface area contributed by atoms with E-state index in [9.17, 15) is 4.79 Å². The van der Waals surface area contributed by atoms with Crippen molar-refractivity contribution in [3.63, 3.8) is 0 Å². The number of carbonyl (C=O) groups is 1. The Morgan fingerprint density at radius 2 is 1.89 bits per heavy atom. The standard InChI is InChI=1S/C14H16N2OS/c1-3-16(4-2)14-15-13(17)12(18-14)10-11-8-6-5-7-9-11/h5-10H,3-4H2,1-2H3. The van der Waals surface area contributed by atoms with Crippen LogP contribution >= 0.6 is 11.8 Å². The predicted molar refractivity (Wildman–Crippen MR) is 77.4 cm³/mol. The lowest BCUT2D eigenvalue weighted by Gasteiger charge is -2.18. The first kappa shape index (κ1) is 12.9. The fourth-order valence-electron chi connectivity index (χ4n) is 1.73. The highest BCUT2D eigenvalue weighted by Crippen LogP contribution is 2.29. The Bertz CT molecular complexity index is 490. The molecule has 1 aromatic carbocycles. The molecule has 0 spiro atoms. The van der Waals surface area contributed by atoms with Crippen LogP contribution in [-0.2, 0) is 4.79 Å². The monoisotopic (exact) mass is 260 g/mol. The SMILES string of the molecule is CCN(CC)C1=NC(=O)C(=Cc2ccccc2)S1. The molecular weight excluding hydrogens is 244 g/mol. The molecule has 0 aliphatic carbocycles. The van der Waals surface area contributed by atoms with Crippen LogP contribution in [0.2, 0.25) is 0 Å². The minimum Gasteiger partial charge on any atom is -0.351 e. The Labute approximate surface area is 112 Å². The second kappa shape index (κ2) is 5.87. The van der Waals surface area contributed by atoms with Crippen LogP contribution in [0.25, 0.3) is 6.08 Å². The maximum atomic E-state index is 11.8. The number of amidine groups is 1. The summed E-state index contributed by atoms with van der Waals surface area (Å²) in [4.78, 5) is 18.7. The van der Waals surface area contributed by atoms with Crippen molar-refractivity contribution in [3.8, 4) is 0 Å². The molecule has 0 fully saturated rings. The van der Waals surface area contributed by atoms with Gasteiger partial charge in [-0.25, -0.2) is 0 Å². The van der Waals surface area contributed by atoms with Gasteiger partial charge < -0.3 is 4.90 Å².